The molecule has 0 unspecified atom stereocenters. The molecule has 4 rings (SSSR count). The molecule has 1 saturated heterocycles. The number of amides is 4. The molecule has 4 amide bonds. The normalized spacial score (nSPS) is 13.8. The molecule has 30 heavy (non-hydrogen) atoms. The molecule has 1 N–H and O–H groups in total. The highest BCUT2D eigenvalue weighted by atomic mass is 35.5. The Morgan fingerprint density at radius 2 is 1.90 bits per heavy atom. The van der Waals surface area contributed by atoms with E-state index in [0.717, 1.165) is 9.91 Å². The Morgan fingerprint density at radius 1 is 1.13 bits per heavy atom. The third-order valence-electron chi connectivity index (χ3n) is 4.33. The predicted octanol–water partition coefficient (Wildman–Crippen LogP) is 3.76. The number of benzene rings is 1. The summed E-state index contributed by atoms with van der Waals surface area (Å²) in [6.45, 7) is -0.208. The number of halogens is 2. The van der Waals surface area contributed by atoms with Gasteiger partial charge in [-0.15, -0.1) is 0 Å². The van der Waals surface area contributed by atoms with Gasteiger partial charge >= 0.3 is 11.9 Å². The topological polar surface area (TPSA) is 95.8 Å². The molecule has 1 fully saturated rings. The summed E-state index contributed by atoms with van der Waals surface area (Å²) in [5, 5.41) is 1.80. The van der Waals surface area contributed by atoms with E-state index >= 15 is 0 Å². The van der Waals surface area contributed by atoms with Gasteiger partial charge in [0.2, 0.25) is 0 Å². The lowest BCUT2D eigenvalue weighted by atomic mass is 10.2. The number of urea groups is 1. The maximum atomic E-state index is 12.5. The molecule has 1 aromatic carbocycles. The van der Waals surface area contributed by atoms with Gasteiger partial charge in [0.1, 0.15) is 12.3 Å². The molecule has 10 heteroatoms. The molecule has 3 heterocycles. The minimum Gasteiger partial charge on any atom is -0.451 e. The lowest BCUT2D eigenvalue weighted by Gasteiger charge is -2.17. The number of hydrazine groups is 1. The van der Waals surface area contributed by atoms with E-state index in [1.807, 2.05) is 0 Å². The van der Waals surface area contributed by atoms with E-state index in [4.69, 9.17) is 27.6 Å². The molecular weight excluding hydrogens is 431 g/mol. The van der Waals surface area contributed by atoms with E-state index in [1.54, 1.807) is 48.8 Å². The van der Waals surface area contributed by atoms with E-state index in [2.05, 4.69) is 10.4 Å². The van der Waals surface area contributed by atoms with Gasteiger partial charge in [-0.3, -0.25) is 24.9 Å². The predicted molar refractivity (Wildman–Crippen MR) is 109 cm³/mol. The third-order valence-corrected chi connectivity index (χ3v) is 4.77. The maximum absolute atomic E-state index is 12.5. The minimum absolute atomic E-state index is 0.0351. The van der Waals surface area contributed by atoms with Crippen molar-refractivity contribution in [1.29, 1.82) is 0 Å². The van der Waals surface area contributed by atoms with Crippen LogP contribution in [0.25, 0.3) is 11.3 Å². The van der Waals surface area contributed by atoms with Crippen LogP contribution < -0.4 is 5.43 Å². The third kappa shape index (κ3) is 4.14. The van der Waals surface area contributed by atoms with Crippen molar-refractivity contribution in [3.05, 3.63) is 76.2 Å². The van der Waals surface area contributed by atoms with Gasteiger partial charge in [-0.2, -0.15) is 0 Å². The first kappa shape index (κ1) is 19.9. The highest BCUT2D eigenvalue weighted by molar-refractivity contribution is 6.35. The number of furan rings is 1. The van der Waals surface area contributed by atoms with E-state index in [-0.39, 0.29) is 18.8 Å². The van der Waals surface area contributed by atoms with Crippen LogP contribution in [0.15, 0.2) is 59.3 Å². The van der Waals surface area contributed by atoms with Crippen molar-refractivity contribution in [3.63, 3.8) is 0 Å². The van der Waals surface area contributed by atoms with Crippen LogP contribution in [0.5, 0.6) is 0 Å². The number of aromatic nitrogens is 1. The number of hydrogen-bond acceptors (Lipinski definition) is 5. The zero-order chi connectivity index (χ0) is 21.3. The molecule has 0 bridgehead atoms. The zero-order valence-electron chi connectivity index (χ0n) is 15.3. The molecule has 0 spiro atoms. The molecule has 0 aliphatic carbocycles. The minimum atomic E-state index is -0.668. The maximum Gasteiger partial charge on any atom is 0.346 e. The van der Waals surface area contributed by atoms with Crippen LogP contribution in [-0.4, -0.2) is 39.3 Å². The summed E-state index contributed by atoms with van der Waals surface area (Å²) in [4.78, 5) is 42.2. The van der Waals surface area contributed by atoms with Crippen molar-refractivity contribution in [2.45, 2.75) is 6.54 Å². The van der Waals surface area contributed by atoms with Crippen LogP contribution in [0.3, 0.4) is 0 Å². The lowest BCUT2D eigenvalue weighted by Crippen LogP contribution is -2.44. The second-order valence-corrected chi connectivity index (χ2v) is 7.35. The van der Waals surface area contributed by atoms with Crippen molar-refractivity contribution >= 4 is 41.0 Å². The fourth-order valence-corrected chi connectivity index (χ4v) is 3.47. The highest BCUT2D eigenvalue weighted by Crippen LogP contribution is 2.28. The number of nitrogens with one attached hydrogen (secondary N) is 1. The number of carbonyl (C=O) groups is 3. The average Bonchev–Trinajstić information content (AvgIpc) is 3.30. The summed E-state index contributed by atoms with van der Waals surface area (Å²) < 4.78 is 5.56. The van der Waals surface area contributed by atoms with Crippen LogP contribution in [0.2, 0.25) is 10.0 Å². The molecule has 1 aliphatic heterocycles. The Hall–Kier alpha value is -3.36. The van der Waals surface area contributed by atoms with Gasteiger partial charge < -0.3 is 4.42 Å². The van der Waals surface area contributed by atoms with Gasteiger partial charge in [0, 0.05) is 28.0 Å². The molecule has 152 valence electrons. The Balaban J connectivity index is 1.45. The Labute approximate surface area is 181 Å². The number of hydrogen-bond donors (Lipinski definition) is 1. The second kappa shape index (κ2) is 8.17. The lowest BCUT2D eigenvalue weighted by molar-refractivity contribution is -0.125. The van der Waals surface area contributed by atoms with Crippen molar-refractivity contribution in [3.8, 4) is 11.3 Å². The molecular formula is C20H14Cl2N4O4. The summed E-state index contributed by atoms with van der Waals surface area (Å²) in [5.74, 6) is -0.754. The Kier molecular flexibility index (Phi) is 5.43. The number of imide groups is 1. The Bertz CT molecular complexity index is 1110. The fourth-order valence-electron chi connectivity index (χ4n) is 2.95. The molecule has 0 atom stereocenters. The van der Waals surface area contributed by atoms with E-state index in [9.17, 15) is 14.4 Å². The smallest absolute Gasteiger partial charge is 0.346 e. The summed E-state index contributed by atoms with van der Waals surface area (Å²) in [6.07, 6.45) is 3.16. The molecule has 0 radical (unpaired) electrons. The van der Waals surface area contributed by atoms with Crippen LogP contribution in [0, 0.1) is 0 Å². The first-order valence-corrected chi connectivity index (χ1v) is 9.54. The first-order valence-electron chi connectivity index (χ1n) is 8.79. The van der Waals surface area contributed by atoms with Crippen LogP contribution in [0.1, 0.15) is 16.1 Å². The van der Waals surface area contributed by atoms with Crippen molar-refractivity contribution in [2.24, 2.45) is 0 Å². The van der Waals surface area contributed by atoms with Crippen LogP contribution in [-0.2, 0) is 11.3 Å². The highest BCUT2D eigenvalue weighted by Gasteiger charge is 2.37. The molecule has 3 aromatic rings. The molecule has 2 aromatic heterocycles. The number of rotatable bonds is 5. The van der Waals surface area contributed by atoms with Gasteiger partial charge in [-0.25, -0.2) is 9.80 Å². The monoisotopic (exact) mass is 444 g/mol. The summed E-state index contributed by atoms with van der Waals surface area (Å²) in [6, 6.07) is 10.7. The van der Waals surface area contributed by atoms with Gasteiger partial charge in [-0.05, 0) is 42.0 Å². The zero-order valence-corrected chi connectivity index (χ0v) is 16.9. The number of nitrogens with zero attached hydrogens (tertiary/aromatic N) is 3. The van der Waals surface area contributed by atoms with Crippen LogP contribution >= 0.6 is 23.2 Å². The summed E-state index contributed by atoms with van der Waals surface area (Å²) in [5.41, 5.74) is 3.70. The molecule has 8 nitrogen and oxygen atoms in total. The largest absolute Gasteiger partial charge is 0.451 e. The average molecular weight is 445 g/mol. The fraction of sp³-hybridized carbons (Fsp3) is 0.100. The molecule has 1 aliphatic rings. The van der Waals surface area contributed by atoms with E-state index < -0.39 is 17.8 Å². The van der Waals surface area contributed by atoms with Crippen molar-refractivity contribution in [2.75, 3.05) is 6.54 Å². The van der Waals surface area contributed by atoms with Crippen molar-refractivity contribution in [1.82, 2.24) is 20.3 Å². The Morgan fingerprint density at radius 3 is 2.60 bits per heavy atom. The standard InChI is InChI=1S/C20H14Cl2N4O4/c21-14-6-13(7-15(22)8-14)16-3-4-17(30-16)19(28)24-26-11-18(27)25(20(26)29)10-12-2-1-5-23-9-12/h1-9H,10-11H2,(H,24,28). The van der Waals surface area contributed by atoms with Gasteiger partial charge in [0.25, 0.3) is 5.91 Å². The van der Waals surface area contributed by atoms with E-state index in [0.29, 0.717) is 26.9 Å². The van der Waals surface area contributed by atoms with Crippen LogP contribution in [0.4, 0.5) is 4.79 Å². The quantitative estimate of drug-likeness (QED) is 0.604. The van der Waals surface area contributed by atoms with E-state index in [1.165, 1.54) is 6.07 Å². The van der Waals surface area contributed by atoms with Gasteiger partial charge in [0.05, 0.1) is 6.54 Å². The van der Waals surface area contributed by atoms with Crippen molar-refractivity contribution < 1.29 is 18.8 Å². The van der Waals surface area contributed by atoms with Gasteiger partial charge in [0.15, 0.2) is 5.76 Å². The summed E-state index contributed by atoms with van der Waals surface area (Å²) >= 11 is 12.0. The molecule has 0 saturated carbocycles. The summed E-state index contributed by atoms with van der Waals surface area (Å²) in [7, 11) is 0. The second-order valence-electron chi connectivity index (χ2n) is 6.47. The van der Waals surface area contributed by atoms with Gasteiger partial charge in [-0.1, -0.05) is 29.3 Å². The number of pyridine rings is 1. The first-order chi connectivity index (χ1) is 14.4. The SMILES string of the molecule is O=C(NN1CC(=O)N(Cc2cccnc2)C1=O)c1ccc(-c2cc(Cl)cc(Cl)c2)o1. The number of carbonyl (C=O) groups excluding carboxylic acids is 3.